The molecule has 14 heavy (non-hydrogen) atoms. The van der Waals surface area contributed by atoms with Crippen LogP contribution in [0.5, 0.6) is 0 Å². The number of allylic oxidation sites excluding steroid dienone is 1. The molecule has 0 radical (unpaired) electrons. The summed E-state index contributed by atoms with van der Waals surface area (Å²) in [6.07, 6.45) is 7.18. The first-order valence-electron chi connectivity index (χ1n) is 5.58. The molecule has 0 saturated heterocycles. The molecule has 74 valence electrons. The summed E-state index contributed by atoms with van der Waals surface area (Å²) in [6.45, 7) is 4.60. The van der Waals surface area contributed by atoms with Crippen molar-refractivity contribution in [1.82, 2.24) is 0 Å². The predicted octanol–water partition coefficient (Wildman–Crippen LogP) is 4.23. The number of hydrogen-bond donors (Lipinski definition) is 0. The molecule has 0 nitrogen and oxygen atoms in total. The minimum Gasteiger partial charge on any atom is -0.0811 e. The summed E-state index contributed by atoms with van der Waals surface area (Å²) < 4.78 is 0. The molecule has 2 rings (SSSR count). The van der Waals surface area contributed by atoms with Gasteiger partial charge in [0.05, 0.1) is 0 Å². The van der Waals surface area contributed by atoms with E-state index in [9.17, 15) is 0 Å². The molecule has 1 aromatic carbocycles. The largest absolute Gasteiger partial charge is 0.0811 e. The van der Waals surface area contributed by atoms with Crippen molar-refractivity contribution < 1.29 is 0 Å². The highest BCUT2D eigenvalue weighted by molar-refractivity contribution is 5.56. The topological polar surface area (TPSA) is 0 Å². The summed E-state index contributed by atoms with van der Waals surface area (Å²) in [5, 5.41) is 0. The summed E-state index contributed by atoms with van der Waals surface area (Å²) in [6, 6.07) is 8.80. The van der Waals surface area contributed by atoms with Crippen molar-refractivity contribution in [1.29, 1.82) is 0 Å². The maximum absolute atomic E-state index is 2.34. The lowest BCUT2D eigenvalue weighted by Crippen LogP contribution is -2.01. The third-order valence-corrected chi connectivity index (χ3v) is 3.19. The Morgan fingerprint density at radius 2 is 2.07 bits per heavy atom. The fourth-order valence-corrected chi connectivity index (χ4v) is 2.34. The standard InChI is InChI=1S/C14H18/c1-3-12-10-11(2)8-9-13-6-4-5-7-14(12)13/h4-9,11-12H,3,10H2,1-2H3. The molecule has 0 amide bonds. The molecule has 1 aliphatic carbocycles. The zero-order valence-electron chi connectivity index (χ0n) is 9.03. The van der Waals surface area contributed by atoms with Crippen LogP contribution in [0.25, 0.3) is 6.08 Å². The highest BCUT2D eigenvalue weighted by Gasteiger charge is 2.16. The van der Waals surface area contributed by atoms with Crippen LogP contribution in [0.15, 0.2) is 30.3 Å². The fourth-order valence-electron chi connectivity index (χ4n) is 2.34. The van der Waals surface area contributed by atoms with E-state index < -0.39 is 0 Å². The van der Waals surface area contributed by atoms with Crippen molar-refractivity contribution in [3.8, 4) is 0 Å². The van der Waals surface area contributed by atoms with E-state index >= 15 is 0 Å². The Kier molecular flexibility index (Phi) is 2.72. The van der Waals surface area contributed by atoms with Crippen molar-refractivity contribution in [3.63, 3.8) is 0 Å². The van der Waals surface area contributed by atoms with E-state index in [1.165, 1.54) is 24.0 Å². The van der Waals surface area contributed by atoms with Crippen LogP contribution in [0.2, 0.25) is 0 Å². The van der Waals surface area contributed by atoms with Crippen molar-refractivity contribution in [3.05, 3.63) is 41.5 Å². The van der Waals surface area contributed by atoms with E-state index in [2.05, 4.69) is 50.3 Å². The van der Waals surface area contributed by atoms with E-state index in [0.29, 0.717) is 5.92 Å². The van der Waals surface area contributed by atoms with Crippen LogP contribution in [0.1, 0.15) is 43.7 Å². The Hall–Kier alpha value is -1.04. The van der Waals surface area contributed by atoms with Gasteiger partial charge in [0.2, 0.25) is 0 Å². The number of benzene rings is 1. The van der Waals surface area contributed by atoms with Crippen molar-refractivity contribution in [2.75, 3.05) is 0 Å². The normalized spacial score (nSPS) is 25.6. The van der Waals surface area contributed by atoms with Gasteiger partial charge in [-0.05, 0) is 35.8 Å². The van der Waals surface area contributed by atoms with Crippen LogP contribution in [0, 0.1) is 5.92 Å². The van der Waals surface area contributed by atoms with Crippen LogP contribution in [-0.4, -0.2) is 0 Å². The molecule has 0 saturated carbocycles. The van der Waals surface area contributed by atoms with E-state index in [-0.39, 0.29) is 0 Å². The van der Waals surface area contributed by atoms with Crippen molar-refractivity contribution in [2.24, 2.45) is 5.92 Å². The average molecular weight is 186 g/mol. The predicted molar refractivity (Wildman–Crippen MR) is 62.3 cm³/mol. The summed E-state index contributed by atoms with van der Waals surface area (Å²) >= 11 is 0. The van der Waals surface area contributed by atoms with Gasteiger partial charge >= 0.3 is 0 Å². The SMILES string of the molecule is CCC1CC(C)C=Cc2ccccc21. The lowest BCUT2D eigenvalue weighted by molar-refractivity contribution is 0.529. The average Bonchev–Trinajstić information content (AvgIpc) is 2.38. The van der Waals surface area contributed by atoms with Crippen LogP contribution < -0.4 is 0 Å². The Morgan fingerprint density at radius 3 is 2.86 bits per heavy atom. The van der Waals surface area contributed by atoms with Gasteiger partial charge in [0.1, 0.15) is 0 Å². The molecule has 1 aliphatic rings. The fraction of sp³-hybridized carbons (Fsp3) is 0.429. The smallest absolute Gasteiger partial charge is 0.0153 e. The van der Waals surface area contributed by atoms with Crippen LogP contribution in [0.3, 0.4) is 0 Å². The van der Waals surface area contributed by atoms with Crippen molar-refractivity contribution in [2.45, 2.75) is 32.6 Å². The molecule has 1 aromatic rings. The number of rotatable bonds is 1. The van der Waals surface area contributed by atoms with Gasteiger partial charge in [0.15, 0.2) is 0 Å². The van der Waals surface area contributed by atoms with Crippen LogP contribution >= 0.6 is 0 Å². The van der Waals surface area contributed by atoms with E-state index in [4.69, 9.17) is 0 Å². The first-order chi connectivity index (χ1) is 6.81. The van der Waals surface area contributed by atoms with Gasteiger partial charge in [-0.2, -0.15) is 0 Å². The molecule has 0 fully saturated rings. The molecule has 0 aromatic heterocycles. The minimum absolute atomic E-state index is 0.715. The molecule has 0 aliphatic heterocycles. The Labute approximate surface area is 86.7 Å². The molecule has 0 heteroatoms. The molecule has 2 atom stereocenters. The molecular weight excluding hydrogens is 168 g/mol. The van der Waals surface area contributed by atoms with Crippen LogP contribution in [0.4, 0.5) is 0 Å². The summed E-state index contributed by atoms with van der Waals surface area (Å²) in [5.74, 6) is 1.46. The van der Waals surface area contributed by atoms with E-state index in [0.717, 1.165) is 5.92 Å². The lowest BCUT2D eigenvalue weighted by Gasteiger charge is -2.17. The second kappa shape index (κ2) is 4.00. The van der Waals surface area contributed by atoms with E-state index in [1.807, 2.05) is 0 Å². The van der Waals surface area contributed by atoms with Gasteiger partial charge in [-0.25, -0.2) is 0 Å². The zero-order chi connectivity index (χ0) is 9.97. The molecule has 0 spiro atoms. The summed E-state index contributed by atoms with van der Waals surface area (Å²) in [7, 11) is 0. The molecule has 2 unspecified atom stereocenters. The second-order valence-electron chi connectivity index (χ2n) is 4.31. The maximum atomic E-state index is 2.34. The first-order valence-corrected chi connectivity index (χ1v) is 5.58. The molecular formula is C14H18. The first kappa shape index (κ1) is 9.51. The molecule has 0 N–H and O–H groups in total. The molecule has 0 heterocycles. The van der Waals surface area contributed by atoms with Crippen molar-refractivity contribution >= 4 is 6.08 Å². The van der Waals surface area contributed by atoms with Gasteiger partial charge < -0.3 is 0 Å². The Morgan fingerprint density at radius 1 is 1.29 bits per heavy atom. The lowest BCUT2D eigenvalue weighted by atomic mass is 9.88. The Bertz CT molecular complexity index is 336. The van der Waals surface area contributed by atoms with Gasteiger partial charge in [-0.3, -0.25) is 0 Å². The third kappa shape index (κ3) is 1.75. The minimum atomic E-state index is 0.715. The Balaban J connectivity index is 2.42. The maximum Gasteiger partial charge on any atom is -0.0153 e. The highest BCUT2D eigenvalue weighted by atomic mass is 14.2. The monoisotopic (exact) mass is 186 g/mol. The van der Waals surface area contributed by atoms with Gasteiger partial charge in [0, 0.05) is 0 Å². The van der Waals surface area contributed by atoms with Gasteiger partial charge in [0.25, 0.3) is 0 Å². The second-order valence-corrected chi connectivity index (χ2v) is 4.31. The van der Waals surface area contributed by atoms with Gasteiger partial charge in [-0.1, -0.05) is 50.3 Å². The number of fused-ring (bicyclic) bond motifs is 1. The summed E-state index contributed by atoms with van der Waals surface area (Å²) in [5.41, 5.74) is 2.96. The highest BCUT2D eigenvalue weighted by Crippen LogP contribution is 2.33. The quantitative estimate of drug-likeness (QED) is 0.615. The number of hydrogen-bond acceptors (Lipinski definition) is 0. The zero-order valence-corrected chi connectivity index (χ0v) is 9.03. The van der Waals surface area contributed by atoms with Crippen LogP contribution in [-0.2, 0) is 0 Å². The van der Waals surface area contributed by atoms with Gasteiger partial charge in [-0.15, -0.1) is 0 Å². The molecule has 0 bridgehead atoms. The third-order valence-electron chi connectivity index (χ3n) is 3.19. The van der Waals surface area contributed by atoms with E-state index in [1.54, 1.807) is 0 Å². The summed E-state index contributed by atoms with van der Waals surface area (Å²) in [4.78, 5) is 0.